The van der Waals surface area contributed by atoms with E-state index in [1.54, 1.807) is 40.0 Å². The van der Waals surface area contributed by atoms with Gasteiger partial charge >= 0.3 is 11.9 Å². The first kappa shape index (κ1) is 19.1. The second kappa shape index (κ2) is 7.57. The molecule has 1 aromatic carbocycles. The summed E-state index contributed by atoms with van der Waals surface area (Å²) in [7, 11) is 1.57. The molecule has 0 radical (unpaired) electrons. The average Bonchev–Trinajstić information content (AvgIpc) is 2.42. The van der Waals surface area contributed by atoms with Crippen LogP contribution in [0.2, 0.25) is 0 Å². The number of rotatable bonds is 6. The molecule has 0 aromatic heterocycles. The molecular weight excluding hydrogens is 296 g/mol. The number of likely N-dealkylation sites (N-methyl/N-ethyl adjacent to an activating group) is 1. The molecule has 0 fully saturated rings. The van der Waals surface area contributed by atoms with E-state index in [1.165, 1.54) is 0 Å². The van der Waals surface area contributed by atoms with Crippen molar-refractivity contribution in [1.29, 1.82) is 0 Å². The van der Waals surface area contributed by atoms with Gasteiger partial charge < -0.3 is 20.9 Å². The highest BCUT2D eigenvalue weighted by Gasteiger charge is 2.24. The van der Waals surface area contributed by atoms with Gasteiger partial charge in [0.1, 0.15) is 11.6 Å². The molecule has 128 valence electrons. The molecule has 1 rings (SSSR count). The number of hydrogen-bond donors (Lipinski definition) is 3. The summed E-state index contributed by atoms with van der Waals surface area (Å²) in [6, 6.07) is 4.22. The second-order valence-electron chi connectivity index (χ2n) is 6.59. The molecule has 0 aliphatic rings. The highest BCUT2D eigenvalue weighted by molar-refractivity contribution is 5.92. The van der Waals surface area contributed by atoms with Gasteiger partial charge in [-0.1, -0.05) is 12.1 Å². The number of carbonyl (C=O) groups excluding carboxylic acids is 1. The van der Waals surface area contributed by atoms with Gasteiger partial charge in [-0.15, -0.1) is 0 Å². The van der Waals surface area contributed by atoms with Gasteiger partial charge in [-0.25, -0.2) is 4.79 Å². The van der Waals surface area contributed by atoms with Crippen molar-refractivity contribution < 1.29 is 19.4 Å². The van der Waals surface area contributed by atoms with Crippen molar-refractivity contribution in [2.75, 3.05) is 7.05 Å². The monoisotopic (exact) mass is 322 g/mol. The third-order valence-corrected chi connectivity index (χ3v) is 3.35. The standard InChI is InChI=1S/C17H26N2O4/c1-10(18)11-6-7-12(9-14(19-5)15(20)21)13(8-11)16(22)23-17(2,3)4/h6-8,10,14,19H,9,18H2,1-5H3,(H,20,21). The lowest BCUT2D eigenvalue weighted by Crippen LogP contribution is -2.36. The van der Waals surface area contributed by atoms with E-state index < -0.39 is 23.6 Å². The van der Waals surface area contributed by atoms with Gasteiger partial charge in [-0.2, -0.15) is 0 Å². The summed E-state index contributed by atoms with van der Waals surface area (Å²) in [6.45, 7) is 7.18. The highest BCUT2D eigenvalue weighted by Crippen LogP contribution is 2.21. The first-order valence-corrected chi connectivity index (χ1v) is 7.57. The number of carboxylic acids is 1. The highest BCUT2D eigenvalue weighted by atomic mass is 16.6. The van der Waals surface area contributed by atoms with Crippen LogP contribution in [0, 0.1) is 0 Å². The summed E-state index contributed by atoms with van der Waals surface area (Å²) in [5.41, 5.74) is 7.02. The summed E-state index contributed by atoms with van der Waals surface area (Å²) in [5.74, 6) is -1.45. The van der Waals surface area contributed by atoms with Crippen LogP contribution in [0.5, 0.6) is 0 Å². The van der Waals surface area contributed by atoms with Crippen molar-refractivity contribution in [2.24, 2.45) is 5.73 Å². The maximum absolute atomic E-state index is 12.5. The Morgan fingerprint density at radius 3 is 2.39 bits per heavy atom. The van der Waals surface area contributed by atoms with E-state index in [1.807, 2.05) is 13.0 Å². The van der Waals surface area contributed by atoms with Crippen LogP contribution in [0.1, 0.15) is 55.2 Å². The Morgan fingerprint density at radius 2 is 1.96 bits per heavy atom. The molecule has 1 aromatic rings. The van der Waals surface area contributed by atoms with Crippen molar-refractivity contribution >= 4 is 11.9 Å². The number of carbonyl (C=O) groups is 2. The minimum absolute atomic E-state index is 0.180. The zero-order valence-electron chi connectivity index (χ0n) is 14.3. The summed E-state index contributed by atoms with van der Waals surface area (Å²) < 4.78 is 5.43. The predicted octanol–water partition coefficient (Wildman–Crippen LogP) is 1.88. The number of nitrogens with one attached hydrogen (secondary N) is 1. The predicted molar refractivity (Wildman–Crippen MR) is 88.4 cm³/mol. The van der Waals surface area contributed by atoms with Gasteiger partial charge in [-0.3, -0.25) is 4.79 Å². The first-order valence-electron chi connectivity index (χ1n) is 7.57. The van der Waals surface area contributed by atoms with E-state index in [0.717, 1.165) is 5.56 Å². The number of nitrogens with two attached hydrogens (primary N) is 1. The van der Waals surface area contributed by atoms with Crippen molar-refractivity contribution in [3.05, 3.63) is 34.9 Å². The molecule has 0 aliphatic heterocycles. The topological polar surface area (TPSA) is 102 Å². The van der Waals surface area contributed by atoms with E-state index in [9.17, 15) is 14.7 Å². The van der Waals surface area contributed by atoms with Crippen LogP contribution in [-0.2, 0) is 16.0 Å². The Balaban J connectivity index is 3.23. The van der Waals surface area contributed by atoms with Crippen molar-refractivity contribution in [3.63, 3.8) is 0 Å². The average molecular weight is 322 g/mol. The van der Waals surface area contributed by atoms with Crippen LogP contribution in [0.25, 0.3) is 0 Å². The first-order chi connectivity index (χ1) is 10.5. The molecular formula is C17H26N2O4. The third-order valence-electron chi connectivity index (χ3n) is 3.35. The van der Waals surface area contributed by atoms with Crippen LogP contribution in [0.4, 0.5) is 0 Å². The van der Waals surface area contributed by atoms with Crippen LogP contribution in [-0.4, -0.2) is 35.7 Å². The minimum Gasteiger partial charge on any atom is -0.480 e. The molecule has 4 N–H and O–H groups in total. The fraction of sp³-hybridized carbons (Fsp3) is 0.529. The summed E-state index contributed by atoms with van der Waals surface area (Å²) in [5, 5.41) is 11.9. The molecule has 0 heterocycles. The number of aliphatic carboxylic acids is 1. The van der Waals surface area contributed by atoms with Gasteiger partial charge in [-0.05, 0) is 58.4 Å². The fourth-order valence-electron chi connectivity index (χ4n) is 2.11. The Morgan fingerprint density at radius 1 is 1.35 bits per heavy atom. The normalized spacial score (nSPS) is 14.2. The zero-order chi connectivity index (χ0) is 17.8. The number of esters is 1. The van der Waals surface area contributed by atoms with Crippen LogP contribution in [0.3, 0.4) is 0 Å². The molecule has 23 heavy (non-hydrogen) atoms. The lowest BCUT2D eigenvalue weighted by Gasteiger charge is -2.22. The van der Waals surface area contributed by atoms with E-state index in [0.29, 0.717) is 11.1 Å². The van der Waals surface area contributed by atoms with Crippen molar-refractivity contribution in [1.82, 2.24) is 5.32 Å². The van der Waals surface area contributed by atoms with E-state index >= 15 is 0 Å². The molecule has 2 unspecified atom stereocenters. The number of hydrogen-bond acceptors (Lipinski definition) is 5. The molecule has 0 bridgehead atoms. The Bertz CT molecular complexity index is 576. The minimum atomic E-state index is -0.973. The van der Waals surface area contributed by atoms with Gasteiger partial charge in [0.2, 0.25) is 0 Å². The van der Waals surface area contributed by atoms with E-state index in [4.69, 9.17) is 10.5 Å². The maximum atomic E-state index is 12.5. The largest absolute Gasteiger partial charge is 0.480 e. The molecule has 0 spiro atoms. The van der Waals surface area contributed by atoms with Gasteiger partial charge in [0.05, 0.1) is 5.56 Å². The fourth-order valence-corrected chi connectivity index (χ4v) is 2.11. The van der Waals surface area contributed by atoms with Crippen LogP contribution >= 0.6 is 0 Å². The Kier molecular flexibility index (Phi) is 6.29. The Labute approximate surface area is 137 Å². The van der Waals surface area contributed by atoms with Gasteiger partial charge in [0, 0.05) is 6.04 Å². The SMILES string of the molecule is CNC(Cc1ccc(C(C)N)cc1C(=O)OC(C)(C)C)C(=O)O. The summed E-state index contributed by atoms with van der Waals surface area (Å²) in [6.07, 6.45) is 0.180. The molecule has 6 nitrogen and oxygen atoms in total. The van der Waals surface area contributed by atoms with Crippen molar-refractivity contribution in [2.45, 2.75) is 51.8 Å². The van der Waals surface area contributed by atoms with Gasteiger partial charge in [0.15, 0.2) is 0 Å². The Hall–Kier alpha value is -1.92. The van der Waals surface area contributed by atoms with Crippen LogP contribution in [0.15, 0.2) is 18.2 Å². The summed E-state index contributed by atoms with van der Waals surface area (Å²) >= 11 is 0. The molecule has 0 saturated carbocycles. The zero-order valence-corrected chi connectivity index (χ0v) is 14.3. The van der Waals surface area contributed by atoms with E-state index in [2.05, 4.69) is 5.32 Å². The number of carboxylic acid groups (broad SMARTS) is 1. The van der Waals surface area contributed by atoms with E-state index in [-0.39, 0.29) is 12.5 Å². The lowest BCUT2D eigenvalue weighted by atomic mass is 9.96. The smallest absolute Gasteiger partial charge is 0.338 e. The van der Waals surface area contributed by atoms with Gasteiger partial charge in [0.25, 0.3) is 0 Å². The van der Waals surface area contributed by atoms with Crippen LogP contribution < -0.4 is 11.1 Å². The molecule has 2 atom stereocenters. The lowest BCUT2D eigenvalue weighted by molar-refractivity contribution is -0.139. The second-order valence-corrected chi connectivity index (χ2v) is 6.59. The molecule has 6 heteroatoms. The quantitative estimate of drug-likeness (QED) is 0.691. The summed E-state index contributed by atoms with van der Waals surface area (Å²) in [4.78, 5) is 23.7. The molecule has 0 aliphatic carbocycles. The molecule has 0 amide bonds. The maximum Gasteiger partial charge on any atom is 0.338 e. The number of ether oxygens (including phenoxy) is 1. The number of benzene rings is 1. The molecule has 0 saturated heterocycles. The third kappa shape index (κ3) is 5.65. The van der Waals surface area contributed by atoms with Crippen molar-refractivity contribution in [3.8, 4) is 0 Å².